The first-order valence-corrected chi connectivity index (χ1v) is 7.69. The van der Waals surface area contributed by atoms with E-state index in [9.17, 15) is 10.1 Å². The van der Waals surface area contributed by atoms with Crippen LogP contribution >= 0.6 is 0 Å². The highest BCUT2D eigenvalue weighted by Crippen LogP contribution is 2.63. The molecule has 22 heavy (non-hydrogen) atoms. The summed E-state index contributed by atoms with van der Waals surface area (Å²) in [6.07, 6.45) is 5.19. The SMILES string of the molecule is CC1(C)[C@@H]2CC[C@@]1(C)/C(=N/N=C\c1ccc([N+](=O)[O-])cc1)C2. The monoisotopic (exact) mass is 299 g/mol. The molecule has 1 aromatic rings. The van der Waals surface area contributed by atoms with E-state index in [-0.39, 0.29) is 11.1 Å². The number of rotatable bonds is 3. The van der Waals surface area contributed by atoms with Gasteiger partial charge in [0, 0.05) is 23.3 Å². The maximum atomic E-state index is 10.6. The lowest BCUT2D eigenvalue weighted by molar-refractivity contribution is -0.384. The second-order valence-corrected chi connectivity index (χ2v) is 7.13. The highest BCUT2D eigenvalue weighted by molar-refractivity contribution is 5.94. The molecule has 2 atom stereocenters. The minimum absolute atomic E-state index is 0.0887. The third-order valence-electron chi connectivity index (χ3n) is 6.00. The van der Waals surface area contributed by atoms with Gasteiger partial charge in [-0.3, -0.25) is 10.1 Å². The van der Waals surface area contributed by atoms with E-state index in [4.69, 9.17) is 0 Å². The van der Waals surface area contributed by atoms with Gasteiger partial charge in [-0.15, -0.1) is 0 Å². The molecule has 0 aromatic heterocycles. The molecular weight excluding hydrogens is 278 g/mol. The Kier molecular flexibility index (Phi) is 3.38. The largest absolute Gasteiger partial charge is 0.269 e. The predicted octanol–water partition coefficient (Wildman–Crippen LogP) is 4.22. The Hall–Kier alpha value is -2.04. The first-order valence-electron chi connectivity index (χ1n) is 7.69. The zero-order chi connectivity index (χ0) is 16.0. The summed E-state index contributed by atoms with van der Waals surface area (Å²) in [6, 6.07) is 6.34. The lowest BCUT2D eigenvalue weighted by Crippen LogP contribution is -2.32. The summed E-state index contributed by atoms with van der Waals surface area (Å²) in [4.78, 5) is 10.2. The number of benzene rings is 1. The van der Waals surface area contributed by atoms with Crippen LogP contribution in [0.3, 0.4) is 0 Å². The summed E-state index contributed by atoms with van der Waals surface area (Å²) >= 11 is 0. The molecule has 3 rings (SSSR count). The van der Waals surface area contributed by atoms with Crippen molar-refractivity contribution >= 4 is 17.6 Å². The molecule has 2 aliphatic rings. The van der Waals surface area contributed by atoms with E-state index in [2.05, 4.69) is 31.0 Å². The van der Waals surface area contributed by atoms with Crippen molar-refractivity contribution in [3.05, 3.63) is 39.9 Å². The number of non-ortho nitro benzene ring substituents is 1. The highest BCUT2D eigenvalue weighted by Gasteiger charge is 2.59. The van der Waals surface area contributed by atoms with Crippen LogP contribution in [0.15, 0.2) is 34.5 Å². The van der Waals surface area contributed by atoms with Gasteiger partial charge in [-0.2, -0.15) is 10.2 Å². The first kappa shape index (κ1) is 14.9. The van der Waals surface area contributed by atoms with Crippen LogP contribution in [-0.4, -0.2) is 16.8 Å². The molecule has 5 nitrogen and oxygen atoms in total. The van der Waals surface area contributed by atoms with Crippen molar-refractivity contribution in [2.75, 3.05) is 0 Å². The Labute approximate surface area is 130 Å². The zero-order valence-electron chi connectivity index (χ0n) is 13.2. The average molecular weight is 299 g/mol. The van der Waals surface area contributed by atoms with Gasteiger partial charge in [-0.05, 0) is 48.3 Å². The molecule has 0 spiro atoms. The van der Waals surface area contributed by atoms with Gasteiger partial charge in [0.2, 0.25) is 0 Å². The molecule has 1 aromatic carbocycles. The zero-order valence-corrected chi connectivity index (χ0v) is 13.2. The Bertz CT molecular complexity index is 661. The van der Waals surface area contributed by atoms with Gasteiger partial charge in [0.15, 0.2) is 0 Å². The number of nitro groups is 1. The van der Waals surface area contributed by atoms with Gasteiger partial charge in [-0.1, -0.05) is 20.8 Å². The Balaban J connectivity index is 1.76. The minimum atomic E-state index is -0.403. The van der Waals surface area contributed by atoms with E-state index in [1.807, 2.05) is 0 Å². The maximum Gasteiger partial charge on any atom is 0.269 e. The Morgan fingerprint density at radius 1 is 1.27 bits per heavy atom. The van der Waals surface area contributed by atoms with Crippen LogP contribution < -0.4 is 0 Å². The van der Waals surface area contributed by atoms with E-state index < -0.39 is 4.92 Å². The molecule has 0 N–H and O–H groups in total. The molecule has 0 heterocycles. The third kappa shape index (κ3) is 2.16. The topological polar surface area (TPSA) is 67.9 Å². The van der Waals surface area contributed by atoms with E-state index in [1.165, 1.54) is 30.7 Å². The summed E-state index contributed by atoms with van der Waals surface area (Å²) in [5.74, 6) is 0.714. The van der Waals surface area contributed by atoms with Crippen LogP contribution in [0.4, 0.5) is 5.69 Å². The van der Waals surface area contributed by atoms with E-state index in [1.54, 1.807) is 18.3 Å². The molecule has 0 aliphatic heterocycles. The van der Waals surface area contributed by atoms with Crippen LogP contribution in [0.5, 0.6) is 0 Å². The second-order valence-electron chi connectivity index (χ2n) is 7.13. The van der Waals surface area contributed by atoms with E-state index in [0.29, 0.717) is 11.3 Å². The van der Waals surface area contributed by atoms with Gasteiger partial charge in [0.25, 0.3) is 5.69 Å². The van der Waals surface area contributed by atoms with Crippen LogP contribution in [-0.2, 0) is 0 Å². The highest BCUT2D eigenvalue weighted by atomic mass is 16.6. The van der Waals surface area contributed by atoms with Crippen molar-refractivity contribution in [1.82, 2.24) is 0 Å². The number of nitro benzene ring substituents is 1. The lowest BCUT2D eigenvalue weighted by Gasteiger charge is -2.34. The standard InChI is InChI=1S/C17H21N3O2/c1-16(2)13-8-9-17(16,3)15(10-13)19-18-11-12-4-6-14(7-5-12)20(21)22/h4-7,11,13H,8-10H2,1-3H3/b18-11-,19-15+/t13-,17+/m1/s1. The molecule has 0 saturated heterocycles. The number of nitrogens with zero attached hydrogens (tertiary/aromatic N) is 3. The van der Waals surface area contributed by atoms with Crippen LogP contribution in [0.25, 0.3) is 0 Å². The van der Waals surface area contributed by atoms with Crippen molar-refractivity contribution in [1.29, 1.82) is 0 Å². The summed E-state index contributed by atoms with van der Waals surface area (Å²) in [6.45, 7) is 6.99. The molecule has 0 amide bonds. The molecule has 0 unspecified atom stereocenters. The van der Waals surface area contributed by atoms with E-state index in [0.717, 1.165) is 12.0 Å². The molecule has 2 bridgehead atoms. The van der Waals surface area contributed by atoms with E-state index >= 15 is 0 Å². The fraction of sp³-hybridized carbons (Fsp3) is 0.529. The van der Waals surface area contributed by atoms with Crippen LogP contribution in [0.1, 0.15) is 45.6 Å². The quantitative estimate of drug-likeness (QED) is 0.476. The summed E-state index contributed by atoms with van der Waals surface area (Å²) in [5.41, 5.74) is 2.57. The van der Waals surface area contributed by atoms with Gasteiger partial charge in [-0.25, -0.2) is 0 Å². The number of hydrogen-bond acceptors (Lipinski definition) is 4. The van der Waals surface area contributed by atoms with Crippen molar-refractivity contribution in [3.8, 4) is 0 Å². The molecular formula is C17H21N3O2. The van der Waals surface area contributed by atoms with Gasteiger partial charge in [0.1, 0.15) is 0 Å². The van der Waals surface area contributed by atoms with Gasteiger partial charge >= 0.3 is 0 Å². The average Bonchev–Trinajstić information content (AvgIpc) is 2.81. The van der Waals surface area contributed by atoms with Crippen molar-refractivity contribution in [2.45, 2.75) is 40.0 Å². The fourth-order valence-electron chi connectivity index (χ4n) is 3.93. The molecule has 116 valence electrons. The Morgan fingerprint density at radius 2 is 1.95 bits per heavy atom. The second kappa shape index (κ2) is 5.00. The molecule has 5 heteroatoms. The summed E-state index contributed by atoms with van der Waals surface area (Å²) < 4.78 is 0. The number of hydrogen-bond donors (Lipinski definition) is 0. The molecule has 2 aliphatic carbocycles. The maximum absolute atomic E-state index is 10.6. The Morgan fingerprint density at radius 3 is 2.45 bits per heavy atom. The fourth-order valence-corrected chi connectivity index (χ4v) is 3.93. The van der Waals surface area contributed by atoms with Crippen LogP contribution in [0.2, 0.25) is 0 Å². The van der Waals surface area contributed by atoms with Crippen molar-refractivity contribution in [3.63, 3.8) is 0 Å². The first-order chi connectivity index (χ1) is 10.3. The molecule has 0 radical (unpaired) electrons. The minimum Gasteiger partial charge on any atom is -0.258 e. The van der Waals surface area contributed by atoms with Crippen molar-refractivity contribution in [2.24, 2.45) is 27.0 Å². The predicted molar refractivity (Wildman–Crippen MR) is 87.4 cm³/mol. The smallest absolute Gasteiger partial charge is 0.258 e. The van der Waals surface area contributed by atoms with Gasteiger partial charge in [0.05, 0.1) is 11.1 Å². The molecule has 2 fully saturated rings. The van der Waals surface area contributed by atoms with Gasteiger partial charge < -0.3 is 0 Å². The van der Waals surface area contributed by atoms with Crippen LogP contribution in [0, 0.1) is 26.9 Å². The summed E-state index contributed by atoms with van der Waals surface area (Å²) in [5, 5.41) is 19.3. The summed E-state index contributed by atoms with van der Waals surface area (Å²) in [7, 11) is 0. The normalized spacial score (nSPS) is 31.2. The lowest BCUT2D eigenvalue weighted by atomic mass is 9.70. The third-order valence-corrected chi connectivity index (χ3v) is 6.00. The molecule has 2 saturated carbocycles. The number of fused-ring (bicyclic) bond motifs is 2. The van der Waals surface area contributed by atoms with Crippen molar-refractivity contribution < 1.29 is 4.92 Å².